The van der Waals surface area contributed by atoms with Gasteiger partial charge in [0, 0.05) is 13.1 Å². The number of nitrogens with one attached hydrogen (secondary N) is 2. The van der Waals surface area contributed by atoms with Crippen molar-refractivity contribution in [2.75, 3.05) is 44.0 Å². The van der Waals surface area contributed by atoms with Gasteiger partial charge in [0.15, 0.2) is 0 Å². The van der Waals surface area contributed by atoms with Gasteiger partial charge in [0.05, 0.1) is 18.0 Å². The van der Waals surface area contributed by atoms with Crippen LogP contribution in [0.3, 0.4) is 0 Å². The number of anilines is 2. The molecule has 1 aliphatic carbocycles. The summed E-state index contributed by atoms with van der Waals surface area (Å²) in [5, 5.41) is 6.98. The number of hydrogen-bond acceptors (Lipinski definition) is 4. The molecule has 1 unspecified atom stereocenters. The zero-order valence-corrected chi connectivity index (χ0v) is 22.9. The molecular weight excluding hydrogens is 416 g/mol. The minimum absolute atomic E-state index is 0.722. The molecule has 0 fully saturated rings. The van der Waals surface area contributed by atoms with Crippen molar-refractivity contribution in [2.45, 2.75) is 79.6 Å². The fraction of sp³-hybridized carbons (Fsp3) is 0.600. The molecular formula is C30H52N4. The first-order valence-electron chi connectivity index (χ1n) is 13.6. The van der Waals surface area contributed by atoms with Gasteiger partial charge in [-0.25, -0.2) is 0 Å². The van der Waals surface area contributed by atoms with Crippen LogP contribution < -0.4 is 21.3 Å². The molecule has 0 saturated carbocycles. The van der Waals surface area contributed by atoms with Gasteiger partial charge < -0.3 is 16.0 Å². The Morgan fingerprint density at radius 3 is 2.53 bits per heavy atom. The fourth-order valence-electron chi connectivity index (χ4n) is 4.17. The fourth-order valence-corrected chi connectivity index (χ4v) is 4.17. The third kappa shape index (κ3) is 10.9. The van der Waals surface area contributed by atoms with Gasteiger partial charge in [-0.05, 0) is 81.3 Å². The lowest BCUT2D eigenvalue weighted by Gasteiger charge is -2.28. The normalized spacial score (nSPS) is 14.2. The van der Waals surface area contributed by atoms with Gasteiger partial charge in [0.1, 0.15) is 0 Å². The van der Waals surface area contributed by atoms with Gasteiger partial charge in [-0.2, -0.15) is 0 Å². The molecule has 1 aliphatic rings. The summed E-state index contributed by atoms with van der Waals surface area (Å²) in [5.74, 6) is 0.722. The van der Waals surface area contributed by atoms with Gasteiger partial charge in [-0.1, -0.05) is 77.0 Å². The summed E-state index contributed by atoms with van der Waals surface area (Å²) in [6, 6.07) is 8.23. The molecule has 0 aromatic heterocycles. The third-order valence-corrected chi connectivity index (χ3v) is 6.51. The van der Waals surface area contributed by atoms with E-state index in [2.05, 4.69) is 66.7 Å². The van der Waals surface area contributed by atoms with Crippen LogP contribution in [0.5, 0.6) is 0 Å². The molecule has 0 radical (unpaired) electrons. The van der Waals surface area contributed by atoms with E-state index in [1.807, 2.05) is 33.0 Å². The number of para-hydroxylation sites is 2. The monoisotopic (exact) mass is 468 g/mol. The number of hydrogen-bond donors (Lipinski definition) is 3. The number of benzene rings is 1. The van der Waals surface area contributed by atoms with Gasteiger partial charge >= 0.3 is 0 Å². The Balaban J connectivity index is 0.00000281. The maximum absolute atomic E-state index is 6.31. The van der Waals surface area contributed by atoms with Gasteiger partial charge in [-0.3, -0.25) is 5.32 Å². The summed E-state index contributed by atoms with van der Waals surface area (Å²) in [5.41, 5.74) is 12.8. The topological polar surface area (TPSA) is 53.3 Å². The number of nitrogens with two attached hydrogens (primary N) is 1. The number of unbranched alkanes of at least 4 members (excludes halogenated alkanes) is 1. The predicted octanol–water partition coefficient (Wildman–Crippen LogP) is 7.07. The van der Waals surface area contributed by atoms with Crippen LogP contribution in [0.2, 0.25) is 0 Å². The van der Waals surface area contributed by atoms with Crippen LogP contribution in [-0.2, 0) is 0 Å². The molecule has 0 aliphatic heterocycles. The standard InChI is InChI=1S/C28H46N4.C2H6/c1-5-23(3)17-19-32(28-16-8-7-15-27(28)29)22-31-21-24-12-11-14-25(6-2)26(20-24)13-9-10-18-30-4;1-2/h7-8,11,14-16,20,23,30-31H,5-6,9-10,12-13,17-19,21-22,29H2,1-4H3;1-2H3. The van der Waals surface area contributed by atoms with E-state index in [1.54, 1.807) is 0 Å². The molecule has 0 spiro atoms. The first-order valence-corrected chi connectivity index (χ1v) is 13.6. The van der Waals surface area contributed by atoms with Gasteiger partial charge in [-0.15, -0.1) is 0 Å². The Morgan fingerprint density at radius 1 is 1.09 bits per heavy atom. The van der Waals surface area contributed by atoms with Crippen LogP contribution in [0.15, 0.2) is 59.2 Å². The van der Waals surface area contributed by atoms with E-state index in [0.29, 0.717) is 0 Å². The lowest BCUT2D eigenvalue weighted by Crippen LogP contribution is -2.37. The van der Waals surface area contributed by atoms with Crippen LogP contribution in [0.4, 0.5) is 11.4 Å². The molecule has 2 rings (SSSR count). The van der Waals surface area contributed by atoms with Crippen molar-refractivity contribution < 1.29 is 0 Å². The molecule has 34 heavy (non-hydrogen) atoms. The van der Waals surface area contributed by atoms with Crippen molar-refractivity contribution in [3.05, 3.63) is 59.2 Å². The first kappa shape index (κ1) is 30.0. The number of rotatable bonds is 15. The lowest BCUT2D eigenvalue weighted by molar-refractivity contribution is 0.504. The highest BCUT2D eigenvalue weighted by molar-refractivity contribution is 5.67. The Kier molecular flexibility index (Phi) is 16.1. The SMILES string of the molecule is CC.CCC1=C(CCCCNC)C=C(CNCN(CCC(C)CC)c2ccccc2N)CC=C1. The van der Waals surface area contributed by atoms with Gasteiger partial charge in [0.2, 0.25) is 0 Å². The van der Waals surface area contributed by atoms with E-state index in [1.165, 1.54) is 48.8 Å². The second-order valence-corrected chi connectivity index (χ2v) is 9.08. The van der Waals surface area contributed by atoms with Crippen molar-refractivity contribution in [2.24, 2.45) is 5.92 Å². The number of allylic oxidation sites excluding steroid dienone is 5. The molecule has 0 amide bonds. The van der Waals surface area contributed by atoms with Crippen LogP contribution in [0.1, 0.15) is 79.6 Å². The molecule has 192 valence electrons. The molecule has 4 N–H and O–H groups in total. The van der Waals surface area contributed by atoms with Crippen molar-refractivity contribution in [1.29, 1.82) is 0 Å². The zero-order valence-electron chi connectivity index (χ0n) is 22.9. The molecule has 0 saturated heterocycles. The Hall–Kier alpha value is -2.04. The quantitative estimate of drug-likeness (QED) is 0.146. The summed E-state index contributed by atoms with van der Waals surface area (Å²) in [6.07, 6.45) is 15.3. The Bertz CT molecular complexity index is 763. The summed E-state index contributed by atoms with van der Waals surface area (Å²) in [6.45, 7) is 14.7. The molecule has 4 nitrogen and oxygen atoms in total. The van der Waals surface area contributed by atoms with Gasteiger partial charge in [0.25, 0.3) is 0 Å². The van der Waals surface area contributed by atoms with Crippen LogP contribution in [0, 0.1) is 5.92 Å². The van der Waals surface area contributed by atoms with E-state index in [9.17, 15) is 0 Å². The molecule has 0 bridgehead atoms. The average molecular weight is 469 g/mol. The molecule has 0 heterocycles. The highest BCUT2D eigenvalue weighted by Gasteiger charge is 2.12. The maximum atomic E-state index is 6.31. The van der Waals surface area contributed by atoms with Crippen molar-refractivity contribution in [3.8, 4) is 0 Å². The minimum atomic E-state index is 0.722. The highest BCUT2D eigenvalue weighted by atomic mass is 15.2. The average Bonchev–Trinajstić information content (AvgIpc) is 3.07. The van der Waals surface area contributed by atoms with E-state index < -0.39 is 0 Å². The summed E-state index contributed by atoms with van der Waals surface area (Å²) < 4.78 is 0. The van der Waals surface area contributed by atoms with Crippen molar-refractivity contribution >= 4 is 11.4 Å². The molecule has 1 atom stereocenters. The summed E-state index contributed by atoms with van der Waals surface area (Å²) in [4.78, 5) is 2.40. The third-order valence-electron chi connectivity index (χ3n) is 6.51. The van der Waals surface area contributed by atoms with Crippen molar-refractivity contribution in [3.63, 3.8) is 0 Å². The zero-order chi connectivity index (χ0) is 25.2. The van der Waals surface area contributed by atoms with E-state index in [-0.39, 0.29) is 0 Å². The summed E-state index contributed by atoms with van der Waals surface area (Å²) in [7, 11) is 2.03. The highest BCUT2D eigenvalue weighted by Crippen LogP contribution is 2.25. The minimum Gasteiger partial charge on any atom is -0.397 e. The van der Waals surface area contributed by atoms with Crippen LogP contribution in [0.25, 0.3) is 0 Å². The molecule has 1 aromatic rings. The largest absolute Gasteiger partial charge is 0.397 e. The maximum Gasteiger partial charge on any atom is 0.0685 e. The molecule has 1 aromatic carbocycles. The predicted molar refractivity (Wildman–Crippen MR) is 153 cm³/mol. The van der Waals surface area contributed by atoms with E-state index >= 15 is 0 Å². The van der Waals surface area contributed by atoms with Crippen LogP contribution in [-0.4, -0.2) is 33.4 Å². The van der Waals surface area contributed by atoms with Crippen LogP contribution >= 0.6 is 0 Å². The van der Waals surface area contributed by atoms with E-state index in [4.69, 9.17) is 5.73 Å². The first-order chi connectivity index (χ1) is 16.6. The Labute approximate surface area is 210 Å². The van der Waals surface area contributed by atoms with E-state index in [0.717, 1.165) is 56.4 Å². The number of nitrogen functional groups attached to an aromatic ring is 1. The van der Waals surface area contributed by atoms with Crippen molar-refractivity contribution in [1.82, 2.24) is 10.6 Å². The summed E-state index contributed by atoms with van der Waals surface area (Å²) >= 11 is 0. The lowest BCUT2D eigenvalue weighted by atomic mass is 9.99. The number of nitrogens with zero attached hydrogens (tertiary/aromatic N) is 1. The second-order valence-electron chi connectivity index (χ2n) is 9.08. The smallest absolute Gasteiger partial charge is 0.0685 e. The molecule has 4 heteroatoms. The second kappa shape index (κ2) is 18.3. The Morgan fingerprint density at radius 2 is 1.85 bits per heavy atom.